The average Bonchev–Trinajstić information content (AvgIpc) is 2.81. The molecule has 0 saturated heterocycles. The fraction of sp³-hybridized carbons (Fsp3) is 0.364. The molecule has 0 saturated carbocycles. The lowest BCUT2D eigenvalue weighted by Crippen LogP contribution is -2.15. The summed E-state index contributed by atoms with van der Waals surface area (Å²) >= 11 is 0. The van der Waals surface area contributed by atoms with Crippen molar-refractivity contribution < 1.29 is 4.42 Å². The van der Waals surface area contributed by atoms with E-state index in [0.717, 1.165) is 6.42 Å². The highest BCUT2D eigenvalue weighted by molar-refractivity contribution is 5.44. The Hall–Kier alpha value is -1.75. The highest BCUT2D eigenvalue weighted by Gasteiger charge is 2.15. The second kappa shape index (κ2) is 4.85. The second-order valence-electron chi connectivity index (χ2n) is 3.41. The van der Waals surface area contributed by atoms with Gasteiger partial charge in [0.15, 0.2) is 0 Å². The van der Waals surface area contributed by atoms with Crippen LogP contribution in [0, 0.1) is 0 Å². The second-order valence-corrected chi connectivity index (χ2v) is 3.41. The largest absolute Gasteiger partial charge is 0.418 e. The zero-order valence-corrected chi connectivity index (χ0v) is 9.34. The predicted molar refractivity (Wildman–Crippen MR) is 59.6 cm³/mol. The van der Waals surface area contributed by atoms with E-state index in [1.54, 1.807) is 6.20 Å². The van der Waals surface area contributed by atoms with Crippen LogP contribution in [0.3, 0.4) is 0 Å². The van der Waals surface area contributed by atoms with Gasteiger partial charge in [-0.25, -0.2) is 0 Å². The summed E-state index contributed by atoms with van der Waals surface area (Å²) in [6.07, 6.45) is 2.61. The van der Waals surface area contributed by atoms with Crippen LogP contribution < -0.4 is 5.32 Å². The van der Waals surface area contributed by atoms with E-state index >= 15 is 0 Å². The fourth-order valence-electron chi connectivity index (χ4n) is 1.47. The molecule has 2 heterocycles. The van der Waals surface area contributed by atoms with E-state index in [-0.39, 0.29) is 6.04 Å². The van der Waals surface area contributed by atoms with Gasteiger partial charge in [0.25, 0.3) is 5.89 Å². The smallest absolute Gasteiger partial charge is 0.266 e. The van der Waals surface area contributed by atoms with E-state index in [9.17, 15) is 0 Å². The molecule has 1 atom stereocenters. The molecule has 84 valence electrons. The molecule has 0 fully saturated rings. The van der Waals surface area contributed by atoms with Crippen molar-refractivity contribution in [2.45, 2.75) is 19.4 Å². The highest BCUT2D eigenvalue weighted by atomic mass is 16.4. The summed E-state index contributed by atoms with van der Waals surface area (Å²) in [6, 6.07) is 5.69. The summed E-state index contributed by atoms with van der Waals surface area (Å²) < 4.78 is 5.57. The third-order valence-corrected chi connectivity index (χ3v) is 2.38. The van der Waals surface area contributed by atoms with Crippen molar-refractivity contribution in [1.29, 1.82) is 0 Å². The SMILES string of the molecule is CCC(NC)c1nnc(-c2ccccn2)o1. The van der Waals surface area contributed by atoms with Crippen molar-refractivity contribution in [3.05, 3.63) is 30.3 Å². The van der Waals surface area contributed by atoms with E-state index in [4.69, 9.17) is 4.42 Å². The van der Waals surface area contributed by atoms with Crippen LogP contribution in [0.4, 0.5) is 0 Å². The van der Waals surface area contributed by atoms with E-state index in [1.807, 2.05) is 25.2 Å². The Labute approximate surface area is 93.9 Å². The summed E-state index contributed by atoms with van der Waals surface area (Å²) in [5.41, 5.74) is 0.701. The molecular formula is C11H14N4O. The predicted octanol–water partition coefficient (Wildman–Crippen LogP) is 1.80. The van der Waals surface area contributed by atoms with Crippen LogP contribution in [-0.2, 0) is 0 Å². The first-order chi connectivity index (χ1) is 7.85. The first kappa shape index (κ1) is 10.8. The molecule has 0 aliphatic heterocycles. The Morgan fingerprint density at radius 1 is 1.38 bits per heavy atom. The monoisotopic (exact) mass is 218 g/mol. The lowest BCUT2D eigenvalue weighted by molar-refractivity contribution is 0.414. The third kappa shape index (κ3) is 2.09. The van der Waals surface area contributed by atoms with E-state index < -0.39 is 0 Å². The van der Waals surface area contributed by atoms with Gasteiger partial charge in [-0.3, -0.25) is 4.98 Å². The Bertz CT molecular complexity index is 436. The maximum absolute atomic E-state index is 5.57. The molecule has 0 spiro atoms. The van der Waals surface area contributed by atoms with Crippen LogP contribution in [0.5, 0.6) is 0 Å². The summed E-state index contributed by atoms with van der Waals surface area (Å²) in [4.78, 5) is 4.16. The van der Waals surface area contributed by atoms with Crippen molar-refractivity contribution in [1.82, 2.24) is 20.5 Å². The van der Waals surface area contributed by atoms with Gasteiger partial charge in [-0.1, -0.05) is 13.0 Å². The Morgan fingerprint density at radius 2 is 2.25 bits per heavy atom. The number of aromatic nitrogens is 3. The Balaban J connectivity index is 2.26. The number of nitrogens with one attached hydrogen (secondary N) is 1. The number of pyridine rings is 1. The maximum Gasteiger partial charge on any atom is 0.266 e. The molecule has 2 aromatic heterocycles. The molecule has 0 aromatic carbocycles. The summed E-state index contributed by atoms with van der Waals surface area (Å²) in [7, 11) is 1.87. The van der Waals surface area contributed by atoms with Crippen LogP contribution >= 0.6 is 0 Å². The Morgan fingerprint density at radius 3 is 2.88 bits per heavy atom. The summed E-state index contributed by atoms with van der Waals surface area (Å²) in [5, 5.41) is 11.1. The lowest BCUT2D eigenvalue weighted by atomic mass is 10.2. The van der Waals surface area contributed by atoms with Crippen LogP contribution in [-0.4, -0.2) is 22.2 Å². The minimum atomic E-state index is 0.102. The number of rotatable bonds is 4. The van der Waals surface area contributed by atoms with E-state index in [0.29, 0.717) is 17.5 Å². The van der Waals surface area contributed by atoms with Gasteiger partial charge in [-0.15, -0.1) is 10.2 Å². The molecule has 1 N–H and O–H groups in total. The number of nitrogens with zero attached hydrogens (tertiary/aromatic N) is 3. The van der Waals surface area contributed by atoms with Crippen molar-refractivity contribution in [2.24, 2.45) is 0 Å². The van der Waals surface area contributed by atoms with Crippen molar-refractivity contribution in [3.63, 3.8) is 0 Å². The van der Waals surface area contributed by atoms with Gasteiger partial charge in [-0.05, 0) is 25.6 Å². The van der Waals surface area contributed by atoms with Crippen LogP contribution in [0.1, 0.15) is 25.3 Å². The van der Waals surface area contributed by atoms with Crippen LogP contribution in [0.2, 0.25) is 0 Å². The van der Waals surface area contributed by atoms with Gasteiger partial charge >= 0.3 is 0 Å². The number of hydrogen-bond donors (Lipinski definition) is 1. The first-order valence-corrected chi connectivity index (χ1v) is 5.27. The molecule has 5 nitrogen and oxygen atoms in total. The van der Waals surface area contributed by atoms with Crippen molar-refractivity contribution in [2.75, 3.05) is 7.05 Å². The molecule has 2 rings (SSSR count). The van der Waals surface area contributed by atoms with Crippen molar-refractivity contribution in [3.8, 4) is 11.6 Å². The topological polar surface area (TPSA) is 63.8 Å². The lowest BCUT2D eigenvalue weighted by Gasteiger charge is -2.06. The first-order valence-electron chi connectivity index (χ1n) is 5.27. The normalized spacial score (nSPS) is 12.6. The molecule has 2 aromatic rings. The highest BCUT2D eigenvalue weighted by Crippen LogP contribution is 2.19. The zero-order valence-electron chi connectivity index (χ0n) is 9.34. The molecular weight excluding hydrogens is 204 g/mol. The van der Waals surface area contributed by atoms with Gasteiger partial charge in [0, 0.05) is 6.20 Å². The molecule has 0 radical (unpaired) electrons. The average molecular weight is 218 g/mol. The van der Waals surface area contributed by atoms with Gasteiger partial charge in [-0.2, -0.15) is 0 Å². The Kier molecular flexibility index (Phi) is 3.26. The third-order valence-electron chi connectivity index (χ3n) is 2.38. The van der Waals surface area contributed by atoms with Gasteiger partial charge in [0.05, 0.1) is 6.04 Å². The minimum absolute atomic E-state index is 0.102. The molecule has 0 aliphatic carbocycles. The van der Waals surface area contributed by atoms with Crippen molar-refractivity contribution >= 4 is 0 Å². The maximum atomic E-state index is 5.57. The minimum Gasteiger partial charge on any atom is -0.418 e. The van der Waals surface area contributed by atoms with E-state index in [2.05, 4.69) is 27.4 Å². The molecule has 1 unspecified atom stereocenters. The molecule has 16 heavy (non-hydrogen) atoms. The standard InChI is InChI=1S/C11H14N4O/c1-3-8(12-2)10-14-15-11(16-10)9-6-4-5-7-13-9/h4-8,12H,3H2,1-2H3. The molecule has 0 amide bonds. The molecule has 5 heteroatoms. The quantitative estimate of drug-likeness (QED) is 0.847. The van der Waals surface area contributed by atoms with Gasteiger partial charge in [0.2, 0.25) is 5.89 Å². The number of hydrogen-bond acceptors (Lipinski definition) is 5. The van der Waals surface area contributed by atoms with Gasteiger partial charge in [0.1, 0.15) is 5.69 Å². The van der Waals surface area contributed by atoms with Crippen LogP contribution in [0.25, 0.3) is 11.6 Å². The molecule has 0 aliphatic rings. The van der Waals surface area contributed by atoms with Crippen LogP contribution in [0.15, 0.2) is 28.8 Å². The van der Waals surface area contributed by atoms with E-state index in [1.165, 1.54) is 0 Å². The van der Waals surface area contributed by atoms with Gasteiger partial charge < -0.3 is 9.73 Å². The molecule has 0 bridgehead atoms. The summed E-state index contributed by atoms with van der Waals surface area (Å²) in [6.45, 7) is 2.06. The zero-order chi connectivity index (χ0) is 11.4. The summed E-state index contributed by atoms with van der Waals surface area (Å²) in [5.74, 6) is 1.06. The fourth-order valence-corrected chi connectivity index (χ4v) is 1.47.